The summed E-state index contributed by atoms with van der Waals surface area (Å²) in [6.45, 7) is -0.101. The first-order valence-corrected chi connectivity index (χ1v) is 9.24. The Kier molecular flexibility index (Phi) is 6.47. The van der Waals surface area contributed by atoms with Crippen molar-refractivity contribution in [2.24, 2.45) is 0 Å². The molecule has 0 aromatic heterocycles. The Hall–Kier alpha value is -3.80. The van der Waals surface area contributed by atoms with Crippen molar-refractivity contribution in [2.45, 2.75) is 12.8 Å². The maximum absolute atomic E-state index is 11.3. The monoisotopic (exact) mass is 390 g/mol. The van der Waals surface area contributed by atoms with Gasteiger partial charge in [-0.15, -0.1) is 0 Å². The highest BCUT2D eigenvalue weighted by molar-refractivity contribution is 5.95. The standard InChI is InChI=1S/C23H22N2O4/c26-22(27)15-24-18-11-7-16(8-12-18)5-6-17-9-13-19(14-10-17)25-21-4-2-1-3-20(21)23(28)29/h1-4,7-14,24-25H,5-6,15H2,(H,26,27)(H,28,29). The topological polar surface area (TPSA) is 98.7 Å². The molecule has 0 fully saturated rings. The number of aliphatic carboxylic acids is 1. The summed E-state index contributed by atoms with van der Waals surface area (Å²) in [6, 6.07) is 22.5. The predicted molar refractivity (Wildman–Crippen MR) is 113 cm³/mol. The SMILES string of the molecule is O=C(O)CNc1ccc(CCc2ccc(Nc3ccccc3C(=O)O)cc2)cc1. The van der Waals surface area contributed by atoms with Crippen LogP contribution in [-0.4, -0.2) is 28.7 Å². The molecular formula is C23H22N2O4. The van der Waals surface area contributed by atoms with Gasteiger partial charge in [-0.1, -0.05) is 36.4 Å². The quantitative estimate of drug-likeness (QED) is 0.432. The van der Waals surface area contributed by atoms with Gasteiger partial charge in [-0.25, -0.2) is 4.79 Å². The van der Waals surface area contributed by atoms with Crippen molar-refractivity contribution in [3.63, 3.8) is 0 Å². The maximum atomic E-state index is 11.3. The number of hydrogen-bond acceptors (Lipinski definition) is 4. The van der Waals surface area contributed by atoms with E-state index in [9.17, 15) is 14.7 Å². The van der Waals surface area contributed by atoms with E-state index in [1.807, 2.05) is 48.5 Å². The van der Waals surface area contributed by atoms with Crippen LogP contribution in [0.1, 0.15) is 21.5 Å². The van der Waals surface area contributed by atoms with Gasteiger partial charge in [0.25, 0.3) is 0 Å². The average Bonchev–Trinajstić information content (AvgIpc) is 2.73. The Morgan fingerprint density at radius 1 is 0.724 bits per heavy atom. The summed E-state index contributed by atoms with van der Waals surface area (Å²) < 4.78 is 0. The number of aryl methyl sites for hydroxylation is 2. The Morgan fingerprint density at radius 3 is 1.83 bits per heavy atom. The molecule has 0 amide bonds. The number of carbonyl (C=O) groups is 2. The van der Waals surface area contributed by atoms with Gasteiger partial charge in [-0.05, 0) is 60.4 Å². The van der Waals surface area contributed by atoms with Crippen LogP contribution in [0.4, 0.5) is 17.1 Å². The molecule has 0 heterocycles. The third kappa shape index (κ3) is 5.84. The van der Waals surface area contributed by atoms with Crippen LogP contribution < -0.4 is 10.6 Å². The van der Waals surface area contributed by atoms with Gasteiger partial charge in [0.15, 0.2) is 0 Å². The third-order valence-electron chi connectivity index (χ3n) is 4.49. The predicted octanol–water partition coefficient (Wildman–Crippen LogP) is 4.41. The number of anilines is 3. The summed E-state index contributed by atoms with van der Waals surface area (Å²) in [7, 11) is 0. The molecule has 3 aromatic carbocycles. The molecule has 0 atom stereocenters. The first-order chi connectivity index (χ1) is 14.0. The van der Waals surface area contributed by atoms with E-state index in [4.69, 9.17) is 5.11 Å². The minimum Gasteiger partial charge on any atom is -0.480 e. The lowest BCUT2D eigenvalue weighted by atomic mass is 10.0. The van der Waals surface area contributed by atoms with Crippen LogP contribution >= 0.6 is 0 Å². The molecule has 0 aliphatic rings. The van der Waals surface area contributed by atoms with Gasteiger partial charge in [0.05, 0.1) is 11.3 Å². The molecule has 6 heteroatoms. The minimum atomic E-state index is -0.964. The van der Waals surface area contributed by atoms with Crippen molar-refractivity contribution in [3.8, 4) is 0 Å². The Labute approximate surface area is 168 Å². The number of carboxylic acid groups (broad SMARTS) is 2. The smallest absolute Gasteiger partial charge is 0.337 e. The molecule has 3 aromatic rings. The molecule has 0 saturated carbocycles. The first-order valence-electron chi connectivity index (χ1n) is 9.24. The maximum Gasteiger partial charge on any atom is 0.337 e. The van der Waals surface area contributed by atoms with Crippen molar-refractivity contribution in [3.05, 3.63) is 89.5 Å². The lowest BCUT2D eigenvalue weighted by Crippen LogP contribution is -2.12. The second-order valence-corrected chi connectivity index (χ2v) is 6.62. The number of benzene rings is 3. The Bertz CT molecular complexity index is 983. The summed E-state index contributed by atoms with van der Waals surface area (Å²) >= 11 is 0. The van der Waals surface area contributed by atoms with Crippen molar-refractivity contribution >= 4 is 29.0 Å². The molecule has 4 N–H and O–H groups in total. The van der Waals surface area contributed by atoms with Gasteiger partial charge >= 0.3 is 11.9 Å². The molecule has 0 aliphatic heterocycles. The molecule has 0 bridgehead atoms. The number of nitrogens with one attached hydrogen (secondary N) is 2. The van der Waals surface area contributed by atoms with E-state index in [2.05, 4.69) is 10.6 Å². The van der Waals surface area contributed by atoms with E-state index >= 15 is 0 Å². The number of aromatic carboxylic acids is 1. The average molecular weight is 390 g/mol. The number of carboxylic acids is 2. The lowest BCUT2D eigenvalue weighted by molar-refractivity contribution is -0.134. The fourth-order valence-electron chi connectivity index (χ4n) is 2.94. The van der Waals surface area contributed by atoms with Gasteiger partial charge in [-0.2, -0.15) is 0 Å². The van der Waals surface area contributed by atoms with Gasteiger partial charge in [0.1, 0.15) is 6.54 Å². The van der Waals surface area contributed by atoms with Crippen LogP contribution in [0.3, 0.4) is 0 Å². The molecule has 3 rings (SSSR count). The molecule has 0 radical (unpaired) electrons. The van der Waals surface area contributed by atoms with E-state index in [1.54, 1.807) is 24.3 Å². The van der Waals surface area contributed by atoms with Crippen molar-refractivity contribution in [1.82, 2.24) is 0 Å². The van der Waals surface area contributed by atoms with Gasteiger partial charge in [0, 0.05) is 11.4 Å². The van der Waals surface area contributed by atoms with Crippen molar-refractivity contribution in [1.29, 1.82) is 0 Å². The molecule has 0 aliphatic carbocycles. The molecule has 0 unspecified atom stereocenters. The summed E-state index contributed by atoms with van der Waals surface area (Å²) in [4.78, 5) is 21.9. The molecule has 6 nitrogen and oxygen atoms in total. The normalized spacial score (nSPS) is 10.3. The first kappa shape index (κ1) is 19.9. The lowest BCUT2D eigenvalue weighted by Gasteiger charge is -2.10. The summed E-state index contributed by atoms with van der Waals surface area (Å²) in [6.07, 6.45) is 1.74. The molecule has 148 valence electrons. The highest BCUT2D eigenvalue weighted by Crippen LogP contribution is 2.22. The molecule has 29 heavy (non-hydrogen) atoms. The van der Waals surface area contributed by atoms with E-state index in [0.29, 0.717) is 5.69 Å². The van der Waals surface area contributed by atoms with Crippen LogP contribution in [0.15, 0.2) is 72.8 Å². The van der Waals surface area contributed by atoms with E-state index in [-0.39, 0.29) is 12.1 Å². The van der Waals surface area contributed by atoms with Crippen LogP contribution in [0.25, 0.3) is 0 Å². The molecule has 0 saturated heterocycles. The van der Waals surface area contributed by atoms with E-state index in [1.165, 1.54) is 11.1 Å². The van der Waals surface area contributed by atoms with Gasteiger partial charge in [0.2, 0.25) is 0 Å². The summed E-state index contributed by atoms with van der Waals surface area (Å²) in [5.41, 5.74) is 4.75. The largest absolute Gasteiger partial charge is 0.480 e. The fourth-order valence-corrected chi connectivity index (χ4v) is 2.94. The van der Waals surface area contributed by atoms with Crippen molar-refractivity contribution < 1.29 is 19.8 Å². The highest BCUT2D eigenvalue weighted by atomic mass is 16.4. The number of hydrogen-bond donors (Lipinski definition) is 4. The Morgan fingerprint density at radius 2 is 1.28 bits per heavy atom. The van der Waals surface area contributed by atoms with Gasteiger partial charge < -0.3 is 20.8 Å². The van der Waals surface area contributed by atoms with Crippen LogP contribution in [0.5, 0.6) is 0 Å². The van der Waals surface area contributed by atoms with E-state index < -0.39 is 11.9 Å². The third-order valence-corrected chi connectivity index (χ3v) is 4.49. The number of para-hydroxylation sites is 1. The van der Waals surface area contributed by atoms with Crippen molar-refractivity contribution in [2.75, 3.05) is 17.2 Å². The second kappa shape index (κ2) is 9.41. The van der Waals surface area contributed by atoms with Crippen LogP contribution in [0, 0.1) is 0 Å². The summed E-state index contributed by atoms with van der Waals surface area (Å²) in [5, 5.41) is 23.9. The highest BCUT2D eigenvalue weighted by Gasteiger charge is 2.08. The van der Waals surface area contributed by atoms with E-state index in [0.717, 1.165) is 24.2 Å². The minimum absolute atomic E-state index is 0.101. The van der Waals surface area contributed by atoms with Crippen LogP contribution in [-0.2, 0) is 17.6 Å². The Balaban J connectivity index is 1.56. The molecule has 0 spiro atoms. The zero-order valence-corrected chi connectivity index (χ0v) is 15.8. The fraction of sp³-hybridized carbons (Fsp3) is 0.130. The number of rotatable bonds is 9. The van der Waals surface area contributed by atoms with Crippen LogP contribution in [0.2, 0.25) is 0 Å². The molecular weight excluding hydrogens is 368 g/mol. The summed E-state index contributed by atoms with van der Waals surface area (Å²) in [5.74, 6) is -1.85. The zero-order valence-electron chi connectivity index (χ0n) is 15.8. The second-order valence-electron chi connectivity index (χ2n) is 6.62. The zero-order chi connectivity index (χ0) is 20.6. The van der Waals surface area contributed by atoms with Gasteiger partial charge in [-0.3, -0.25) is 4.79 Å².